The van der Waals surface area contributed by atoms with Crippen LogP contribution in [0.15, 0.2) is 0 Å². The fraction of sp³-hybridized carbons (Fsp3) is 1.00. The van der Waals surface area contributed by atoms with E-state index in [1.54, 1.807) is 0 Å². The second-order valence-electron chi connectivity index (χ2n) is 14.5. The first kappa shape index (κ1) is 40.9. The lowest BCUT2D eigenvalue weighted by molar-refractivity contribution is -0.166. The maximum Gasteiger partial charge on any atom is 0.157 e. The Morgan fingerprint density at radius 3 is 1.00 bits per heavy atom. The van der Waals surface area contributed by atoms with Gasteiger partial charge < -0.3 is 15.3 Å². The first-order chi connectivity index (χ1) is 19.7. The molecule has 0 saturated heterocycles. The fourth-order valence-electron chi connectivity index (χ4n) is 6.85. The molecule has 0 rings (SSSR count). The fourth-order valence-corrected chi connectivity index (χ4v) is 6.85. The van der Waals surface area contributed by atoms with Gasteiger partial charge in [-0.1, -0.05) is 181 Å². The van der Waals surface area contributed by atoms with Crippen molar-refractivity contribution < 1.29 is 15.3 Å². The summed E-state index contributed by atoms with van der Waals surface area (Å²) in [6.07, 6.45) is 35.2. The molecule has 0 bridgehead atoms. The SMILES string of the molecule is CCCCCCCCCCCCCCC(CCCCCCCCCCCCCC)(C(O)O)C(C)CCCC(C)(C)O. The molecule has 0 aromatic heterocycles. The molecule has 0 aliphatic rings. The van der Waals surface area contributed by atoms with E-state index in [0.717, 1.165) is 44.9 Å². The van der Waals surface area contributed by atoms with Crippen LogP contribution in [0.25, 0.3) is 0 Å². The van der Waals surface area contributed by atoms with E-state index in [1.807, 2.05) is 13.8 Å². The molecule has 0 fully saturated rings. The van der Waals surface area contributed by atoms with E-state index < -0.39 is 17.3 Å². The van der Waals surface area contributed by atoms with Gasteiger partial charge in [-0.2, -0.15) is 0 Å². The second-order valence-corrected chi connectivity index (χ2v) is 14.5. The van der Waals surface area contributed by atoms with Crippen LogP contribution in [-0.4, -0.2) is 27.2 Å². The predicted octanol–water partition coefficient (Wildman–Crippen LogP) is 12.0. The van der Waals surface area contributed by atoms with Gasteiger partial charge in [-0.25, -0.2) is 0 Å². The summed E-state index contributed by atoms with van der Waals surface area (Å²) in [5.74, 6) is 0.255. The van der Waals surface area contributed by atoms with Gasteiger partial charge in [-0.3, -0.25) is 0 Å². The Hall–Kier alpha value is -0.120. The summed E-state index contributed by atoms with van der Waals surface area (Å²) in [5, 5.41) is 31.7. The molecule has 3 N–H and O–H groups in total. The van der Waals surface area contributed by atoms with Crippen molar-refractivity contribution in [3.8, 4) is 0 Å². The molecule has 0 aromatic carbocycles. The zero-order valence-corrected chi connectivity index (χ0v) is 29.0. The molecule has 248 valence electrons. The minimum absolute atomic E-state index is 0.255. The first-order valence-electron chi connectivity index (χ1n) is 18.8. The van der Waals surface area contributed by atoms with Crippen LogP contribution < -0.4 is 0 Å². The zero-order valence-electron chi connectivity index (χ0n) is 29.0. The van der Waals surface area contributed by atoms with Crippen molar-refractivity contribution in [3.63, 3.8) is 0 Å². The molecule has 0 radical (unpaired) electrons. The van der Waals surface area contributed by atoms with Crippen LogP contribution in [0, 0.1) is 11.3 Å². The molecule has 41 heavy (non-hydrogen) atoms. The summed E-state index contributed by atoms with van der Waals surface area (Å²) in [6.45, 7) is 10.6. The predicted molar refractivity (Wildman–Crippen MR) is 181 cm³/mol. The van der Waals surface area contributed by atoms with Crippen molar-refractivity contribution in [2.24, 2.45) is 11.3 Å². The maximum absolute atomic E-state index is 10.8. The monoisotopic (exact) mass is 583 g/mol. The maximum atomic E-state index is 10.8. The smallest absolute Gasteiger partial charge is 0.157 e. The van der Waals surface area contributed by atoms with E-state index in [1.165, 1.54) is 141 Å². The highest BCUT2D eigenvalue weighted by atomic mass is 16.5. The van der Waals surface area contributed by atoms with Crippen LogP contribution in [0.3, 0.4) is 0 Å². The molecule has 0 aliphatic carbocycles. The number of aliphatic hydroxyl groups excluding tert-OH is 1. The second kappa shape index (κ2) is 27.4. The molecule has 0 amide bonds. The van der Waals surface area contributed by atoms with Crippen molar-refractivity contribution in [2.45, 2.75) is 233 Å². The van der Waals surface area contributed by atoms with Gasteiger partial charge in [-0.05, 0) is 45.4 Å². The Morgan fingerprint density at radius 2 is 0.732 bits per heavy atom. The quantitative estimate of drug-likeness (QED) is 0.0546. The molecule has 0 aliphatic heterocycles. The van der Waals surface area contributed by atoms with Gasteiger partial charge in [0.2, 0.25) is 0 Å². The van der Waals surface area contributed by atoms with Crippen molar-refractivity contribution in [1.29, 1.82) is 0 Å². The highest BCUT2D eigenvalue weighted by Gasteiger charge is 2.41. The lowest BCUT2D eigenvalue weighted by Gasteiger charge is -2.42. The van der Waals surface area contributed by atoms with E-state index in [0.29, 0.717) is 0 Å². The number of unbranched alkanes of at least 4 members (excludes halogenated alkanes) is 22. The van der Waals surface area contributed by atoms with Gasteiger partial charge in [-0.15, -0.1) is 0 Å². The topological polar surface area (TPSA) is 60.7 Å². The normalized spacial score (nSPS) is 13.4. The molecule has 0 spiro atoms. The Labute approximate surface area is 259 Å². The third-order valence-corrected chi connectivity index (χ3v) is 9.91. The summed E-state index contributed by atoms with van der Waals surface area (Å²) in [6, 6.07) is 0. The Morgan fingerprint density at radius 1 is 0.439 bits per heavy atom. The molecule has 3 heteroatoms. The van der Waals surface area contributed by atoms with Crippen LogP contribution in [0.4, 0.5) is 0 Å². The van der Waals surface area contributed by atoms with Crippen molar-refractivity contribution in [1.82, 2.24) is 0 Å². The minimum Gasteiger partial charge on any atom is -0.390 e. The van der Waals surface area contributed by atoms with Gasteiger partial charge in [0.15, 0.2) is 6.29 Å². The van der Waals surface area contributed by atoms with Crippen LogP contribution in [0.2, 0.25) is 0 Å². The first-order valence-corrected chi connectivity index (χ1v) is 18.8. The largest absolute Gasteiger partial charge is 0.390 e. The van der Waals surface area contributed by atoms with Crippen LogP contribution in [0.5, 0.6) is 0 Å². The summed E-state index contributed by atoms with van der Waals surface area (Å²) in [5.41, 5.74) is -1.05. The highest BCUT2D eigenvalue weighted by molar-refractivity contribution is 4.87. The summed E-state index contributed by atoms with van der Waals surface area (Å²) in [4.78, 5) is 0. The Bertz CT molecular complexity index is 496. The molecule has 1 unspecified atom stereocenters. The van der Waals surface area contributed by atoms with E-state index >= 15 is 0 Å². The standard InChI is InChI=1S/C38H78O3/c1-6-8-10-12-14-16-18-20-22-24-26-28-33-38(36(39)40,35(3)31-30-32-37(4,5)41)34-29-27-25-23-21-19-17-15-13-11-9-7-2/h35-36,39-41H,6-34H2,1-5H3. The van der Waals surface area contributed by atoms with E-state index in [9.17, 15) is 15.3 Å². The number of rotatable bonds is 32. The van der Waals surface area contributed by atoms with Crippen molar-refractivity contribution >= 4 is 0 Å². The number of hydrogen-bond donors (Lipinski definition) is 3. The van der Waals surface area contributed by atoms with Crippen LogP contribution in [-0.2, 0) is 0 Å². The molecular weight excluding hydrogens is 504 g/mol. The van der Waals surface area contributed by atoms with Gasteiger partial charge in [0.1, 0.15) is 0 Å². The lowest BCUT2D eigenvalue weighted by atomic mass is 9.66. The third-order valence-electron chi connectivity index (χ3n) is 9.91. The van der Waals surface area contributed by atoms with Crippen LogP contribution in [0.1, 0.15) is 221 Å². The average Bonchev–Trinajstić information content (AvgIpc) is 2.92. The average molecular weight is 583 g/mol. The van der Waals surface area contributed by atoms with E-state index in [2.05, 4.69) is 20.8 Å². The van der Waals surface area contributed by atoms with Crippen LogP contribution >= 0.6 is 0 Å². The van der Waals surface area contributed by atoms with Gasteiger partial charge in [0.05, 0.1) is 5.60 Å². The Kier molecular flexibility index (Phi) is 27.4. The molecule has 0 saturated carbocycles. The highest BCUT2D eigenvalue weighted by Crippen LogP contribution is 2.44. The van der Waals surface area contributed by atoms with Crippen molar-refractivity contribution in [2.75, 3.05) is 0 Å². The molecule has 1 atom stereocenters. The third kappa shape index (κ3) is 24.0. The lowest BCUT2D eigenvalue weighted by Crippen LogP contribution is -2.41. The number of hydrogen-bond acceptors (Lipinski definition) is 3. The molecular formula is C38H78O3. The molecule has 0 aromatic rings. The summed E-state index contributed by atoms with van der Waals surface area (Å²) < 4.78 is 0. The summed E-state index contributed by atoms with van der Waals surface area (Å²) >= 11 is 0. The van der Waals surface area contributed by atoms with Crippen molar-refractivity contribution in [3.05, 3.63) is 0 Å². The molecule has 0 heterocycles. The van der Waals surface area contributed by atoms with Gasteiger partial charge in [0.25, 0.3) is 0 Å². The zero-order chi connectivity index (χ0) is 30.7. The van der Waals surface area contributed by atoms with E-state index in [4.69, 9.17) is 0 Å². The Balaban J connectivity index is 4.49. The molecule has 3 nitrogen and oxygen atoms in total. The number of aliphatic hydroxyl groups is 3. The summed E-state index contributed by atoms with van der Waals surface area (Å²) in [7, 11) is 0. The van der Waals surface area contributed by atoms with Gasteiger partial charge in [0, 0.05) is 5.41 Å². The minimum atomic E-state index is -1.25. The van der Waals surface area contributed by atoms with Gasteiger partial charge >= 0.3 is 0 Å². The van der Waals surface area contributed by atoms with E-state index in [-0.39, 0.29) is 5.92 Å².